The molecule has 0 aromatic heterocycles. The Balaban J connectivity index is 0.00000182. The van der Waals surface area contributed by atoms with Crippen molar-refractivity contribution in [1.29, 1.82) is 0 Å². The molecule has 0 spiro atoms. The van der Waals surface area contributed by atoms with Gasteiger partial charge in [0.1, 0.15) is 5.82 Å². The predicted octanol–water partition coefficient (Wildman–Crippen LogP) is 4.39. The first kappa shape index (κ1) is 18.2. The quantitative estimate of drug-likeness (QED) is 0.412. The molecule has 132 valence electrons. The Morgan fingerprint density at radius 3 is 2.52 bits per heavy atom. The molecule has 2 aliphatic carbocycles. The normalized spacial score (nSPS) is 17.6. The molecule has 4 rings (SSSR count). The van der Waals surface area contributed by atoms with E-state index in [4.69, 9.17) is 5.73 Å². The number of anilines is 1. The Bertz CT molecular complexity index is 782. The summed E-state index contributed by atoms with van der Waals surface area (Å²) >= 11 is 0. The fourth-order valence-electron chi connectivity index (χ4n) is 3.57. The molecule has 0 atom stereocenters. The topological polar surface area (TPSA) is 50.4 Å². The van der Waals surface area contributed by atoms with E-state index in [1.54, 1.807) is 0 Å². The van der Waals surface area contributed by atoms with Gasteiger partial charge in [0.25, 0.3) is 0 Å². The molecule has 0 unspecified atom stereocenters. The SMILES string of the molecule is I.NC(=NCC1(c2ccc(F)cc2)CC1)Nc1ccc2c(c1)CCC2. The number of aliphatic imine (C=N–C) groups is 1. The van der Waals surface area contributed by atoms with E-state index in [2.05, 4.69) is 28.5 Å². The molecule has 1 saturated carbocycles. The lowest BCUT2D eigenvalue weighted by molar-refractivity contribution is 0.623. The Labute approximate surface area is 164 Å². The van der Waals surface area contributed by atoms with Crippen molar-refractivity contribution in [3.63, 3.8) is 0 Å². The van der Waals surface area contributed by atoms with Crippen LogP contribution >= 0.6 is 24.0 Å². The molecule has 0 radical (unpaired) electrons. The van der Waals surface area contributed by atoms with Gasteiger partial charge in [-0.05, 0) is 73.1 Å². The van der Waals surface area contributed by atoms with Crippen LogP contribution in [0, 0.1) is 5.82 Å². The van der Waals surface area contributed by atoms with Gasteiger partial charge in [0.15, 0.2) is 5.96 Å². The van der Waals surface area contributed by atoms with Gasteiger partial charge in [-0.25, -0.2) is 4.39 Å². The lowest BCUT2D eigenvalue weighted by Crippen LogP contribution is -2.25. The van der Waals surface area contributed by atoms with Crippen molar-refractivity contribution in [3.8, 4) is 0 Å². The monoisotopic (exact) mass is 451 g/mol. The smallest absolute Gasteiger partial charge is 0.193 e. The van der Waals surface area contributed by atoms with Crippen LogP contribution in [0.3, 0.4) is 0 Å². The molecule has 1 fully saturated rings. The van der Waals surface area contributed by atoms with Crippen molar-refractivity contribution in [1.82, 2.24) is 0 Å². The number of nitrogens with two attached hydrogens (primary N) is 1. The summed E-state index contributed by atoms with van der Waals surface area (Å²) in [6, 6.07) is 13.2. The van der Waals surface area contributed by atoms with Crippen LogP contribution in [-0.2, 0) is 18.3 Å². The van der Waals surface area contributed by atoms with Crippen LogP contribution in [0.15, 0.2) is 47.5 Å². The maximum Gasteiger partial charge on any atom is 0.193 e. The molecule has 3 N–H and O–H groups in total. The summed E-state index contributed by atoms with van der Waals surface area (Å²) in [5.74, 6) is 0.247. The molecule has 3 nitrogen and oxygen atoms in total. The third kappa shape index (κ3) is 3.97. The predicted molar refractivity (Wildman–Crippen MR) is 111 cm³/mol. The Morgan fingerprint density at radius 2 is 1.80 bits per heavy atom. The van der Waals surface area contributed by atoms with Crippen molar-refractivity contribution >= 4 is 35.6 Å². The van der Waals surface area contributed by atoms with Crippen LogP contribution in [0.5, 0.6) is 0 Å². The number of hydrogen-bond donors (Lipinski definition) is 2. The molecule has 2 aliphatic rings. The van der Waals surface area contributed by atoms with Crippen LogP contribution in [0.4, 0.5) is 10.1 Å². The van der Waals surface area contributed by atoms with Crippen LogP contribution in [-0.4, -0.2) is 12.5 Å². The minimum Gasteiger partial charge on any atom is -0.370 e. The molecule has 2 aromatic carbocycles. The lowest BCUT2D eigenvalue weighted by atomic mass is 9.96. The third-order valence-corrected chi connectivity index (χ3v) is 5.23. The molecule has 0 heterocycles. The molecule has 2 aromatic rings. The number of guanidine groups is 1. The molecule has 0 bridgehead atoms. The van der Waals surface area contributed by atoms with E-state index >= 15 is 0 Å². The fourth-order valence-corrected chi connectivity index (χ4v) is 3.57. The lowest BCUT2D eigenvalue weighted by Gasteiger charge is -2.14. The molecule has 0 aliphatic heterocycles. The van der Waals surface area contributed by atoms with Crippen molar-refractivity contribution in [2.75, 3.05) is 11.9 Å². The second kappa shape index (κ2) is 7.32. The average Bonchev–Trinajstić information content (AvgIpc) is 3.23. The highest BCUT2D eigenvalue weighted by Gasteiger charge is 2.44. The Morgan fingerprint density at radius 1 is 1.08 bits per heavy atom. The molecule has 0 saturated heterocycles. The number of rotatable bonds is 4. The average molecular weight is 451 g/mol. The maximum absolute atomic E-state index is 13.1. The van der Waals surface area contributed by atoms with Crippen molar-refractivity contribution < 1.29 is 4.39 Å². The van der Waals surface area contributed by atoms with E-state index in [9.17, 15) is 4.39 Å². The molecule has 0 amide bonds. The maximum atomic E-state index is 13.1. The van der Waals surface area contributed by atoms with Crippen LogP contribution in [0.2, 0.25) is 0 Å². The van der Waals surface area contributed by atoms with Crippen LogP contribution in [0.1, 0.15) is 36.0 Å². The summed E-state index contributed by atoms with van der Waals surface area (Å²) < 4.78 is 13.1. The van der Waals surface area contributed by atoms with Gasteiger partial charge in [0, 0.05) is 11.1 Å². The van der Waals surface area contributed by atoms with E-state index in [1.807, 2.05) is 12.1 Å². The third-order valence-electron chi connectivity index (χ3n) is 5.23. The first-order chi connectivity index (χ1) is 11.6. The van der Waals surface area contributed by atoms with E-state index < -0.39 is 0 Å². The summed E-state index contributed by atoms with van der Waals surface area (Å²) in [6.07, 6.45) is 5.72. The Hall–Kier alpha value is -1.63. The van der Waals surface area contributed by atoms with Gasteiger partial charge >= 0.3 is 0 Å². The number of halogens is 2. The minimum absolute atomic E-state index is 0. The number of nitrogens with one attached hydrogen (secondary N) is 1. The summed E-state index contributed by atoms with van der Waals surface area (Å²) in [5.41, 5.74) is 11.1. The van der Waals surface area contributed by atoms with Gasteiger partial charge in [-0.1, -0.05) is 18.2 Å². The standard InChI is InChI=1S/C20H22FN3.HI/c21-17-7-5-16(6-8-17)20(10-11-20)13-23-19(22)24-18-9-4-14-2-1-3-15(14)12-18;/h4-9,12H,1-3,10-11,13H2,(H3,22,23,24);1H. The fraction of sp³-hybridized carbons (Fsp3) is 0.350. The number of benzene rings is 2. The number of aryl methyl sites for hydroxylation is 2. The second-order valence-corrected chi connectivity index (χ2v) is 6.95. The highest BCUT2D eigenvalue weighted by molar-refractivity contribution is 14.0. The summed E-state index contributed by atoms with van der Waals surface area (Å²) in [6.45, 7) is 0.641. The highest BCUT2D eigenvalue weighted by atomic mass is 127. The van der Waals surface area contributed by atoms with Crippen molar-refractivity contribution in [2.24, 2.45) is 10.7 Å². The van der Waals surface area contributed by atoms with Crippen molar-refractivity contribution in [3.05, 3.63) is 65.0 Å². The summed E-state index contributed by atoms with van der Waals surface area (Å²) in [4.78, 5) is 4.54. The van der Waals surface area contributed by atoms with Gasteiger partial charge in [0.05, 0.1) is 6.54 Å². The zero-order chi connectivity index (χ0) is 16.6. The second-order valence-electron chi connectivity index (χ2n) is 6.95. The zero-order valence-corrected chi connectivity index (χ0v) is 16.4. The number of hydrogen-bond acceptors (Lipinski definition) is 1. The highest BCUT2D eigenvalue weighted by Crippen LogP contribution is 2.48. The summed E-state index contributed by atoms with van der Waals surface area (Å²) in [7, 11) is 0. The van der Waals surface area contributed by atoms with Gasteiger partial charge in [-0.15, -0.1) is 24.0 Å². The largest absolute Gasteiger partial charge is 0.370 e. The van der Waals surface area contributed by atoms with E-state index in [1.165, 1.54) is 36.1 Å². The van der Waals surface area contributed by atoms with Gasteiger partial charge in [-0.2, -0.15) is 0 Å². The molecular weight excluding hydrogens is 428 g/mol. The number of fused-ring (bicyclic) bond motifs is 1. The van der Waals surface area contributed by atoms with Gasteiger partial charge in [0.2, 0.25) is 0 Å². The van der Waals surface area contributed by atoms with E-state index in [0.717, 1.165) is 30.5 Å². The minimum atomic E-state index is -0.198. The Kier molecular flexibility index (Phi) is 5.32. The van der Waals surface area contributed by atoms with Gasteiger partial charge in [-0.3, -0.25) is 4.99 Å². The number of nitrogens with zero attached hydrogens (tertiary/aromatic N) is 1. The summed E-state index contributed by atoms with van der Waals surface area (Å²) in [5, 5.41) is 3.20. The van der Waals surface area contributed by atoms with Gasteiger partial charge < -0.3 is 11.1 Å². The first-order valence-electron chi connectivity index (χ1n) is 8.59. The molecule has 25 heavy (non-hydrogen) atoms. The molecular formula is C20H23FIN3. The van der Waals surface area contributed by atoms with E-state index in [-0.39, 0.29) is 35.2 Å². The van der Waals surface area contributed by atoms with Crippen LogP contribution in [0.25, 0.3) is 0 Å². The van der Waals surface area contributed by atoms with Crippen LogP contribution < -0.4 is 11.1 Å². The van der Waals surface area contributed by atoms with E-state index in [0.29, 0.717) is 12.5 Å². The first-order valence-corrected chi connectivity index (χ1v) is 8.59. The van der Waals surface area contributed by atoms with Crippen molar-refractivity contribution in [2.45, 2.75) is 37.5 Å². The zero-order valence-electron chi connectivity index (χ0n) is 14.1. The molecule has 5 heteroatoms.